The molecule has 1 amide bonds. The zero-order valence-electron chi connectivity index (χ0n) is 14.7. The predicted molar refractivity (Wildman–Crippen MR) is 96.3 cm³/mol. The van der Waals surface area contributed by atoms with Crippen LogP contribution in [0, 0.1) is 13.8 Å². The molecule has 6 nitrogen and oxygen atoms in total. The van der Waals surface area contributed by atoms with Crippen LogP contribution in [0.1, 0.15) is 30.3 Å². The lowest BCUT2D eigenvalue weighted by Crippen LogP contribution is -2.42. The second-order valence-electron chi connectivity index (χ2n) is 6.87. The third-order valence-electron chi connectivity index (χ3n) is 4.99. The molecule has 0 N–H and O–H groups in total. The molecule has 3 heterocycles. The SMILES string of the molecule is Cc1cnn([C@H]2CCCN(C(=O)Cn3c(C)nc4ccccc43)C2)c1. The minimum Gasteiger partial charge on any atom is -0.339 e. The Bertz CT molecular complexity index is 910. The molecule has 130 valence electrons. The van der Waals surface area contributed by atoms with E-state index in [1.807, 2.05) is 58.5 Å². The van der Waals surface area contributed by atoms with Crippen LogP contribution in [0.4, 0.5) is 0 Å². The van der Waals surface area contributed by atoms with E-state index in [1.54, 1.807) is 0 Å². The van der Waals surface area contributed by atoms with Crippen molar-refractivity contribution in [1.82, 2.24) is 24.2 Å². The molecule has 6 heteroatoms. The molecule has 0 bridgehead atoms. The third kappa shape index (κ3) is 3.04. The van der Waals surface area contributed by atoms with Gasteiger partial charge in [-0.15, -0.1) is 0 Å². The smallest absolute Gasteiger partial charge is 0.242 e. The first-order chi connectivity index (χ1) is 12.1. The van der Waals surface area contributed by atoms with Gasteiger partial charge in [0.2, 0.25) is 5.91 Å². The molecule has 0 radical (unpaired) electrons. The second kappa shape index (κ2) is 6.35. The maximum Gasteiger partial charge on any atom is 0.242 e. The van der Waals surface area contributed by atoms with Crippen LogP contribution in [-0.2, 0) is 11.3 Å². The summed E-state index contributed by atoms with van der Waals surface area (Å²) in [5, 5.41) is 4.43. The molecule has 0 aliphatic carbocycles. The van der Waals surface area contributed by atoms with Crippen LogP contribution in [0.25, 0.3) is 11.0 Å². The Kier molecular flexibility index (Phi) is 4.03. The van der Waals surface area contributed by atoms with Crippen molar-refractivity contribution in [3.05, 3.63) is 48.0 Å². The van der Waals surface area contributed by atoms with E-state index in [0.29, 0.717) is 6.54 Å². The van der Waals surface area contributed by atoms with E-state index in [0.717, 1.165) is 48.4 Å². The summed E-state index contributed by atoms with van der Waals surface area (Å²) in [4.78, 5) is 19.4. The molecule has 1 atom stereocenters. The van der Waals surface area contributed by atoms with Crippen LogP contribution in [0.3, 0.4) is 0 Å². The Morgan fingerprint density at radius 2 is 2.12 bits per heavy atom. The zero-order chi connectivity index (χ0) is 17.4. The number of para-hydroxylation sites is 2. The highest BCUT2D eigenvalue weighted by Crippen LogP contribution is 2.22. The Hall–Kier alpha value is -2.63. The Labute approximate surface area is 147 Å². The largest absolute Gasteiger partial charge is 0.339 e. The lowest BCUT2D eigenvalue weighted by Gasteiger charge is -2.33. The van der Waals surface area contributed by atoms with Crippen LogP contribution < -0.4 is 0 Å². The van der Waals surface area contributed by atoms with Gasteiger partial charge in [-0.3, -0.25) is 9.48 Å². The van der Waals surface area contributed by atoms with Crippen molar-refractivity contribution in [2.75, 3.05) is 13.1 Å². The summed E-state index contributed by atoms with van der Waals surface area (Å²) >= 11 is 0. The average Bonchev–Trinajstić information content (AvgIpc) is 3.19. The Morgan fingerprint density at radius 3 is 2.92 bits per heavy atom. The summed E-state index contributed by atoms with van der Waals surface area (Å²) in [7, 11) is 0. The quantitative estimate of drug-likeness (QED) is 0.738. The van der Waals surface area contributed by atoms with Gasteiger partial charge >= 0.3 is 0 Å². The lowest BCUT2D eigenvalue weighted by atomic mass is 10.1. The molecule has 0 spiro atoms. The van der Waals surface area contributed by atoms with Crippen LogP contribution in [0.5, 0.6) is 0 Å². The number of amides is 1. The normalized spacial score (nSPS) is 18.0. The summed E-state index contributed by atoms with van der Waals surface area (Å²) in [5.41, 5.74) is 3.12. The van der Waals surface area contributed by atoms with E-state index in [9.17, 15) is 4.79 Å². The molecule has 0 saturated carbocycles. The fourth-order valence-corrected chi connectivity index (χ4v) is 3.66. The highest BCUT2D eigenvalue weighted by atomic mass is 16.2. The highest BCUT2D eigenvalue weighted by Gasteiger charge is 2.25. The number of carbonyl (C=O) groups is 1. The van der Waals surface area contributed by atoms with Gasteiger partial charge in [-0.25, -0.2) is 4.98 Å². The third-order valence-corrected chi connectivity index (χ3v) is 4.99. The van der Waals surface area contributed by atoms with Gasteiger partial charge in [0, 0.05) is 19.3 Å². The van der Waals surface area contributed by atoms with Crippen LogP contribution in [0.2, 0.25) is 0 Å². The van der Waals surface area contributed by atoms with Gasteiger partial charge < -0.3 is 9.47 Å². The molecule has 1 aliphatic heterocycles. The van der Waals surface area contributed by atoms with Gasteiger partial charge in [-0.05, 0) is 44.4 Å². The van der Waals surface area contributed by atoms with E-state index in [-0.39, 0.29) is 11.9 Å². The summed E-state index contributed by atoms with van der Waals surface area (Å²) in [6.07, 6.45) is 6.02. The van der Waals surface area contributed by atoms with Gasteiger partial charge in [0.15, 0.2) is 0 Å². The molecule has 25 heavy (non-hydrogen) atoms. The van der Waals surface area contributed by atoms with E-state index in [1.165, 1.54) is 0 Å². The molecular formula is C19H23N5O. The summed E-state index contributed by atoms with van der Waals surface area (Å²) in [6, 6.07) is 8.24. The number of piperidine rings is 1. The van der Waals surface area contributed by atoms with E-state index < -0.39 is 0 Å². The van der Waals surface area contributed by atoms with Crippen LogP contribution in [-0.4, -0.2) is 43.2 Å². The van der Waals surface area contributed by atoms with Gasteiger partial charge in [-0.1, -0.05) is 12.1 Å². The number of rotatable bonds is 3. The molecular weight excluding hydrogens is 314 g/mol. The zero-order valence-corrected chi connectivity index (χ0v) is 14.7. The number of aryl methyl sites for hydroxylation is 2. The first-order valence-corrected chi connectivity index (χ1v) is 8.82. The number of benzene rings is 1. The number of aromatic nitrogens is 4. The fraction of sp³-hybridized carbons (Fsp3) is 0.421. The molecule has 1 fully saturated rings. The molecule has 4 rings (SSSR count). The number of carbonyl (C=O) groups excluding carboxylic acids is 1. The molecule has 2 aromatic heterocycles. The van der Waals surface area contributed by atoms with Crippen molar-refractivity contribution >= 4 is 16.9 Å². The second-order valence-corrected chi connectivity index (χ2v) is 6.87. The number of likely N-dealkylation sites (tertiary alicyclic amines) is 1. The monoisotopic (exact) mass is 337 g/mol. The average molecular weight is 337 g/mol. The van der Waals surface area contributed by atoms with Gasteiger partial charge in [-0.2, -0.15) is 5.10 Å². The first-order valence-electron chi connectivity index (χ1n) is 8.82. The minimum atomic E-state index is 0.153. The highest BCUT2D eigenvalue weighted by molar-refractivity contribution is 5.81. The molecule has 1 saturated heterocycles. The fourth-order valence-electron chi connectivity index (χ4n) is 3.66. The number of hydrogen-bond donors (Lipinski definition) is 0. The molecule has 3 aromatic rings. The molecule has 1 aromatic carbocycles. The maximum atomic E-state index is 12.9. The first kappa shape index (κ1) is 15.9. The topological polar surface area (TPSA) is 56.0 Å². The van der Waals surface area contributed by atoms with Gasteiger partial charge in [0.1, 0.15) is 12.4 Å². The predicted octanol–water partition coefficient (Wildman–Crippen LogP) is 2.71. The van der Waals surface area contributed by atoms with E-state index in [4.69, 9.17) is 0 Å². The number of nitrogens with zero attached hydrogens (tertiary/aromatic N) is 5. The van der Waals surface area contributed by atoms with Crippen molar-refractivity contribution in [3.63, 3.8) is 0 Å². The number of fused-ring (bicyclic) bond motifs is 1. The number of imidazole rings is 1. The summed E-state index contributed by atoms with van der Waals surface area (Å²) in [5.74, 6) is 1.03. The van der Waals surface area contributed by atoms with Crippen LogP contribution in [0.15, 0.2) is 36.7 Å². The standard InChI is InChI=1S/C19H23N5O/c1-14-10-20-24(11-14)16-6-5-9-22(12-16)19(25)13-23-15(2)21-17-7-3-4-8-18(17)23/h3-4,7-8,10-11,16H,5-6,9,12-13H2,1-2H3/t16-/m0/s1. The lowest BCUT2D eigenvalue weighted by molar-refractivity contribution is -0.133. The minimum absolute atomic E-state index is 0.153. The van der Waals surface area contributed by atoms with Crippen molar-refractivity contribution in [2.24, 2.45) is 0 Å². The Morgan fingerprint density at radius 1 is 1.28 bits per heavy atom. The van der Waals surface area contributed by atoms with Crippen LogP contribution >= 0.6 is 0 Å². The van der Waals surface area contributed by atoms with E-state index >= 15 is 0 Å². The Balaban J connectivity index is 1.51. The molecule has 0 unspecified atom stereocenters. The summed E-state index contributed by atoms with van der Waals surface area (Å²) in [6.45, 7) is 5.89. The maximum absolute atomic E-state index is 12.9. The van der Waals surface area contributed by atoms with Crippen molar-refractivity contribution in [2.45, 2.75) is 39.3 Å². The molecule has 1 aliphatic rings. The number of hydrogen-bond acceptors (Lipinski definition) is 3. The van der Waals surface area contributed by atoms with Gasteiger partial charge in [0.25, 0.3) is 0 Å². The van der Waals surface area contributed by atoms with Gasteiger partial charge in [0.05, 0.1) is 23.3 Å². The van der Waals surface area contributed by atoms with Crippen molar-refractivity contribution in [1.29, 1.82) is 0 Å². The van der Waals surface area contributed by atoms with Crippen molar-refractivity contribution < 1.29 is 4.79 Å². The van der Waals surface area contributed by atoms with E-state index in [2.05, 4.69) is 16.3 Å². The van der Waals surface area contributed by atoms with Crippen molar-refractivity contribution in [3.8, 4) is 0 Å². The summed E-state index contributed by atoms with van der Waals surface area (Å²) < 4.78 is 4.02.